The second kappa shape index (κ2) is 62.4. The highest BCUT2D eigenvalue weighted by Crippen LogP contribution is 2.53. The van der Waals surface area contributed by atoms with Crippen molar-refractivity contribution in [1.29, 1.82) is 0 Å². The highest BCUT2D eigenvalue weighted by molar-refractivity contribution is 9.14. The first-order valence-corrected chi connectivity index (χ1v) is 64.2. The van der Waals surface area contributed by atoms with Crippen molar-refractivity contribution in [3.8, 4) is 0 Å². The van der Waals surface area contributed by atoms with Gasteiger partial charge >= 0.3 is 23.9 Å². The topological polar surface area (TPSA) is 169 Å². The number of ketones is 2. The molecule has 0 bridgehead atoms. The van der Waals surface area contributed by atoms with Crippen molar-refractivity contribution in [3.05, 3.63) is 152 Å². The molecule has 4 atom stereocenters. The number of hydrogen-bond acceptors (Lipinski definition) is 24. The van der Waals surface area contributed by atoms with Crippen LogP contribution in [-0.4, -0.2) is 78.6 Å². The minimum Gasteiger partial charge on any atom is -0.461 e. The fourth-order valence-corrected chi connectivity index (χ4v) is 40.8. The first-order valence-electron chi connectivity index (χ1n) is 43.8. The van der Waals surface area contributed by atoms with Crippen LogP contribution in [0.3, 0.4) is 0 Å². The van der Waals surface area contributed by atoms with Crippen LogP contribution in [-0.2, 0) is 23.8 Å². The van der Waals surface area contributed by atoms with E-state index >= 15 is 0 Å². The summed E-state index contributed by atoms with van der Waals surface area (Å²) in [6, 6.07) is 9.82. The molecule has 0 spiro atoms. The minimum absolute atomic E-state index is 0.00680. The van der Waals surface area contributed by atoms with Gasteiger partial charge in [-0.2, -0.15) is 0 Å². The molecule has 1 N–H and O–H groups in total. The number of benzene rings is 1. The highest BCUT2D eigenvalue weighted by Gasteiger charge is 2.33. The van der Waals surface area contributed by atoms with Gasteiger partial charge in [-0.25, -0.2) is 50.4 Å². The Balaban J connectivity index is 0.000000202. The van der Waals surface area contributed by atoms with Gasteiger partial charge < -0.3 is 18.9 Å². The van der Waals surface area contributed by atoms with E-state index in [-0.39, 0.29) is 71.1 Å². The second-order valence-corrected chi connectivity index (χ2v) is 59.7. The number of hydrogen-bond donors (Lipinski definition) is 1. The van der Waals surface area contributed by atoms with E-state index in [1.54, 1.807) is 0 Å². The summed E-state index contributed by atoms with van der Waals surface area (Å²) < 4.78 is 121. The smallest absolute Gasteiger partial charge is 0.351 e. The lowest BCUT2D eigenvalue weighted by Crippen LogP contribution is -2.14. The molecule has 1 aromatic carbocycles. The predicted octanol–water partition coefficient (Wildman–Crippen LogP) is 43.2. The number of halogens is 19. The molecule has 746 valence electrons. The number of thiophene rings is 12. The summed E-state index contributed by atoms with van der Waals surface area (Å²) in [5.41, 5.74) is 1.05. The van der Waals surface area contributed by atoms with E-state index in [2.05, 4.69) is 254 Å². The summed E-state index contributed by atoms with van der Waals surface area (Å²) in [7, 11) is 0. The van der Waals surface area contributed by atoms with Crippen LogP contribution >= 0.6 is 343 Å². The van der Waals surface area contributed by atoms with E-state index in [4.69, 9.17) is 24.2 Å². The molecular weight excluding hydrogens is 2850 g/mol. The zero-order chi connectivity index (χ0) is 99.7. The molecule has 13 aromatic rings. The van der Waals surface area contributed by atoms with Crippen molar-refractivity contribution in [2.45, 2.75) is 228 Å². The Morgan fingerprint density at radius 3 is 0.985 bits per heavy atom. The summed E-state index contributed by atoms with van der Waals surface area (Å²) in [5.74, 6) is -4.47. The molecule has 13 rings (SSSR count). The van der Waals surface area contributed by atoms with E-state index in [1.165, 1.54) is 104 Å². The van der Waals surface area contributed by atoms with Crippen LogP contribution in [0.1, 0.15) is 285 Å². The Labute approximate surface area is 945 Å². The van der Waals surface area contributed by atoms with Gasteiger partial charge in [-0.3, -0.25) is 14.8 Å². The summed E-state index contributed by atoms with van der Waals surface area (Å²) in [6.07, 6.45) is 29.6. The monoisotopic (exact) mass is 2930 g/mol. The zero-order valence-electron chi connectivity index (χ0n) is 74.5. The Kier molecular flexibility index (Phi) is 55.5. The number of rotatable bonds is 45. The maximum atomic E-state index is 14.5. The van der Waals surface area contributed by atoms with Gasteiger partial charge in [0.1, 0.15) is 35.4 Å². The quantitative estimate of drug-likeness (QED) is 0.00561. The summed E-state index contributed by atoms with van der Waals surface area (Å²) in [6.45, 7) is 16.0. The van der Waals surface area contributed by atoms with Crippen LogP contribution in [0.15, 0.2) is 81.8 Å². The van der Waals surface area contributed by atoms with Crippen LogP contribution in [0, 0.1) is 52.7 Å². The third-order valence-corrected chi connectivity index (χ3v) is 46.4. The Hall–Kier alpha value is -0.120. The van der Waals surface area contributed by atoms with Gasteiger partial charge in [-0.1, -0.05) is 222 Å². The van der Waals surface area contributed by atoms with E-state index in [0.717, 1.165) is 251 Å². The Morgan fingerprint density at radius 1 is 0.338 bits per heavy atom. The fourth-order valence-electron chi connectivity index (χ4n) is 13.6. The maximum absolute atomic E-state index is 14.5. The lowest BCUT2D eigenvalue weighted by atomic mass is 9.93. The van der Waals surface area contributed by atoms with Gasteiger partial charge in [0.25, 0.3) is 0 Å². The molecule has 4 unspecified atom stereocenters. The maximum Gasteiger partial charge on any atom is 0.351 e. The van der Waals surface area contributed by atoms with Crippen LogP contribution in [0.4, 0.5) is 26.3 Å². The molecule has 12 nitrogen and oxygen atoms in total. The summed E-state index contributed by atoms with van der Waals surface area (Å²) in [4.78, 5) is 78.6. The van der Waals surface area contributed by atoms with Gasteiger partial charge in [0, 0.05) is 17.7 Å². The van der Waals surface area contributed by atoms with Gasteiger partial charge in [-0.15, -0.1) is 136 Å². The molecule has 43 heteroatoms. The van der Waals surface area contributed by atoms with E-state index in [9.17, 15) is 55.1 Å². The van der Waals surface area contributed by atoms with Crippen molar-refractivity contribution in [3.63, 3.8) is 0 Å². The lowest BCUT2D eigenvalue weighted by Gasteiger charge is -2.14. The molecule has 0 saturated carbocycles. The molecule has 136 heavy (non-hydrogen) atoms. The van der Waals surface area contributed by atoms with Gasteiger partial charge in [0.2, 0.25) is 0 Å². The molecule has 12 aromatic heterocycles. The second-order valence-electron chi connectivity index (χ2n) is 30.8. The molecule has 0 amide bonds. The summed E-state index contributed by atoms with van der Waals surface area (Å²) >= 11 is 59.4. The highest BCUT2D eigenvalue weighted by atomic mass is 79.9. The zero-order valence-corrected chi connectivity index (χ0v) is 105. The fraction of sp³-hybridized carbons (Fsp3) is 0.462. The lowest BCUT2D eigenvalue weighted by molar-refractivity contribution is -0.266. The number of ether oxygens (including phenoxy) is 4. The van der Waals surface area contributed by atoms with Crippen molar-refractivity contribution in [2.75, 3.05) is 31.8 Å². The standard InChI is InChI=1S/C22H21Br2FO4S2.C15H17Br2FO2S2.C15H17Br2FOS2.C14H15Br2FO2S2.C14H15Br2FOS2.C13H12Br3FO2S2/c23-20-16-17(25)19(30-18(16)21(24)31-20)22(26)28-13-7-2-1-6-10-15(29-27)12-11-14-8-4-3-5-9-14;1-3-5-6-8(4-2)7-20-15(19)12-10(18)9-11(21-12)14(17)22-13(9)16;1-3-5-6-8(4-2)7-9(19)12-11(18)10-13(20-12)15(17)21-14(10)16;1-2-3-4-5-6-7-19-14(18)11-9(17)8-10(20-11)13(16)21-12(8)15;1-3-5-6-7(4-2)10(18)12-9(17)8-11(19-12)14(16)20-13(8)15;14-5-3-1-2-4-6-19-13(18)10-8(17)7-9(20-10)12(16)21-11(7)15/h3-5,8-9,11-12,15,27H,1-2,6-7,10,13H2;8H,3-7H2,1-2H3;8H,3-7H2,1-2H3;2-7H2,1H3;7H,3-6H2,1-2H3;1-6H2. The predicted molar refractivity (Wildman–Crippen MR) is 612 cm³/mol. The number of Topliss-reactive ketones (excluding diaryl/α,β-unsaturated/α-hetero) is 2. The van der Waals surface area contributed by atoms with Crippen LogP contribution in [0.5, 0.6) is 0 Å². The number of unbranched alkanes of at least 4 members (excludes halogenated alkanes) is 13. The number of alkyl halides is 1. The van der Waals surface area contributed by atoms with E-state index in [1.807, 2.05) is 49.4 Å². The number of fused-ring (bicyclic) bond motifs is 6. The van der Waals surface area contributed by atoms with E-state index < -0.39 is 47.1 Å². The molecule has 0 aliphatic carbocycles. The number of carbonyl (C=O) groups excluding carboxylic acids is 6. The molecule has 12 heterocycles. The average molecular weight is 2940 g/mol. The number of esters is 4. The van der Waals surface area contributed by atoms with Gasteiger partial charge in [-0.05, 0) is 260 Å². The van der Waals surface area contributed by atoms with Crippen LogP contribution in [0.2, 0.25) is 0 Å². The van der Waals surface area contributed by atoms with Crippen LogP contribution < -0.4 is 0 Å². The molecule has 0 fully saturated rings. The molecule has 0 radical (unpaired) electrons. The van der Waals surface area contributed by atoms with Crippen LogP contribution in [0.25, 0.3) is 66.6 Å². The first-order chi connectivity index (χ1) is 65.1. The molecule has 0 aliphatic rings. The average Bonchev–Trinajstić information content (AvgIpc) is 1.67. The van der Waals surface area contributed by atoms with Crippen molar-refractivity contribution in [1.82, 2.24) is 0 Å². The van der Waals surface area contributed by atoms with Crippen molar-refractivity contribution < 1.29 is 84.2 Å². The Morgan fingerprint density at radius 2 is 0.647 bits per heavy atom. The first kappa shape index (κ1) is 121. The Bertz CT molecular complexity index is 6010. The number of carbonyl (C=O) groups is 6. The molecule has 0 aliphatic heterocycles. The van der Waals surface area contributed by atoms with Crippen molar-refractivity contribution >= 4 is 445 Å². The largest absolute Gasteiger partial charge is 0.461 e. The van der Waals surface area contributed by atoms with Gasteiger partial charge in [0.05, 0.1) is 132 Å². The molecular formula is C93H97Br13F6O12S12. The normalized spacial score (nSPS) is 12.3. The van der Waals surface area contributed by atoms with Gasteiger partial charge in [0.15, 0.2) is 46.5 Å². The SMILES string of the molecule is CCCCC(CC)C(=O)c1sc2c(Br)sc(Br)c2c1F.CCCCC(CC)CC(=O)c1sc2c(Br)sc(Br)c2c1F.CCCCC(CC)COC(=O)c1sc2c(Br)sc(Br)c2c1F.CCCCCCCOC(=O)c1sc2c(Br)sc(Br)c2c1F.O=C(OCCCCCCBr)c1sc2c(Br)sc(Br)c2c1F.O=C(OCCCCCCC(C=Cc1ccccc1)OO)c1sc2c(Br)sc(Br)c2c1F. The third kappa shape index (κ3) is 33.9. The summed E-state index contributed by atoms with van der Waals surface area (Å²) in [5, 5.41) is 13.0. The minimum atomic E-state index is -0.623. The van der Waals surface area contributed by atoms with E-state index in [0.29, 0.717) is 103 Å². The third-order valence-electron chi connectivity index (χ3n) is 21.2. The molecule has 0 saturated heterocycles. The van der Waals surface area contributed by atoms with Crippen molar-refractivity contribution in [2.24, 2.45) is 17.8 Å².